The molecule has 1 aliphatic rings. The number of hydrogen-bond acceptors (Lipinski definition) is 2. The summed E-state index contributed by atoms with van der Waals surface area (Å²) >= 11 is 0. The summed E-state index contributed by atoms with van der Waals surface area (Å²) < 4.78 is 13.5. The first-order valence-electron chi connectivity index (χ1n) is 5.95. The molecule has 16 heavy (non-hydrogen) atoms. The second kappa shape index (κ2) is 5.41. The molecule has 0 aliphatic carbocycles. The molecule has 1 heterocycles. The van der Waals surface area contributed by atoms with Gasteiger partial charge in [-0.05, 0) is 32.5 Å². The fraction of sp³-hybridized carbons (Fsp3) is 0.538. The van der Waals surface area contributed by atoms with Gasteiger partial charge in [-0.3, -0.25) is 4.90 Å². The Kier molecular flexibility index (Phi) is 3.91. The maximum Gasteiger partial charge on any atom is 0.127 e. The predicted octanol–water partition coefficient (Wildman–Crippen LogP) is 2.01. The van der Waals surface area contributed by atoms with Gasteiger partial charge in [-0.15, -0.1) is 0 Å². The number of nitrogens with zero attached hydrogens (tertiary/aromatic N) is 1. The second-order valence-electron chi connectivity index (χ2n) is 4.54. The summed E-state index contributed by atoms with van der Waals surface area (Å²) in [6.45, 7) is 6.01. The van der Waals surface area contributed by atoms with E-state index in [1.165, 1.54) is 6.07 Å². The Hall–Kier alpha value is -0.930. The van der Waals surface area contributed by atoms with Gasteiger partial charge in [0.1, 0.15) is 5.82 Å². The molecule has 2 nitrogen and oxygen atoms in total. The summed E-state index contributed by atoms with van der Waals surface area (Å²) in [4.78, 5) is 2.32. The summed E-state index contributed by atoms with van der Waals surface area (Å²) in [7, 11) is 0. The molecule has 1 fully saturated rings. The second-order valence-corrected chi connectivity index (χ2v) is 4.54. The number of rotatable bonds is 2. The van der Waals surface area contributed by atoms with Crippen molar-refractivity contribution >= 4 is 0 Å². The molecule has 0 amide bonds. The Morgan fingerprint density at radius 3 is 3.06 bits per heavy atom. The van der Waals surface area contributed by atoms with E-state index in [0.29, 0.717) is 6.04 Å². The van der Waals surface area contributed by atoms with Crippen molar-refractivity contribution in [2.24, 2.45) is 0 Å². The highest BCUT2D eigenvalue weighted by Gasteiger charge is 2.15. The molecule has 0 saturated carbocycles. The Labute approximate surface area is 96.5 Å². The van der Waals surface area contributed by atoms with E-state index in [2.05, 4.69) is 17.1 Å². The molecule has 0 aromatic heterocycles. The van der Waals surface area contributed by atoms with Crippen molar-refractivity contribution in [3.05, 3.63) is 35.6 Å². The molecular weight excluding hydrogens is 203 g/mol. The van der Waals surface area contributed by atoms with Gasteiger partial charge < -0.3 is 5.32 Å². The lowest BCUT2D eigenvalue weighted by Gasteiger charge is -2.22. The van der Waals surface area contributed by atoms with Crippen LogP contribution in [0.5, 0.6) is 0 Å². The monoisotopic (exact) mass is 222 g/mol. The summed E-state index contributed by atoms with van der Waals surface area (Å²) in [6, 6.07) is 7.55. The van der Waals surface area contributed by atoms with Crippen LogP contribution in [0.2, 0.25) is 0 Å². The summed E-state index contributed by atoms with van der Waals surface area (Å²) in [5.74, 6) is -0.0904. The van der Waals surface area contributed by atoms with Gasteiger partial charge in [0.2, 0.25) is 0 Å². The van der Waals surface area contributed by atoms with E-state index in [9.17, 15) is 4.39 Å². The first-order valence-corrected chi connectivity index (χ1v) is 5.95. The molecule has 88 valence electrons. The fourth-order valence-corrected chi connectivity index (χ4v) is 2.21. The molecule has 3 heteroatoms. The van der Waals surface area contributed by atoms with Crippen molar-refractivity contribution in [3.63, 3.8) is 0 Å². The van der Waals surface area contributed by atoms with E-state index >= 15 is 0 Å². The minimum absolute atomic E-state index is 0.0904. The predicted molar refractivity (Wildman–Crippen MR) is 63.8 cm³/mol. The highest BCUT2D eigenvalue weighted by molar-refractivity contribution is 5.17. The lowest BCUT2D eigenvalue weighted by atomic mass is 10.2. The molecule has 1 aliphatic heterocycles. The van der Waals surface area contributed by atoms with Crippen molar-refractivity contribution in [2.75, 3.05) is 19.6 Å². The molecule has 1 aromatic carbocycles. The normalized spacial score (nSPS) is 23.0. The van der Waals surface area contributed by atoms with Gasteiger partial charge >= 0.3 is 0 Å². The number of nitrogens with one attached hydrogen (secondary N) is 1. The number of benzene rings is 1. The highest BCUT2D eigenvalue weighted by atomic mass is 19.1. The van der Waals surface area contributed by atoms with Crippen LogP contribution in [0.15, 0.2) is 24.3 Å². The first-order chi connectivity index (χ1) is 7.75. The van der Waals surface area contributed by atoms with Crippen LogP contribution in [0.4, 0.5) is 4.39 Å². The standard InChI is InChI=1S/C13H19FN2/c1-11-9-16(8-4-7-15-11)10-12-5-2-3-6-13(12)14/h2-3,5-6,11,15H,4,7-10H2,1H3. The Morgan fingerprint density at radius 2 is 2.25 bits per heavy atom. The molecule has 1 atom stereocenters. The average molecular weight is 222 g/mol. The van der Waals surface area contributed by atoms with Crippen LogP contribution in [-0.4, -0.2) is 30.6 Å². The van der Waals surface area contributed by atoms with E-state index in [4.69, 9.17) is 0 Å². The smallest absolute Gasteiger partial charge is 0.127 e. The van der Waals surface area contributed by atoms with Crippen molar-refractivity contribution in [1.29, 1.82) is 0 Å². The number of halogens is 1. The van der Waals surface area contributed by atoms with E-state index in [-0.39, 0.29) is 5.82 Å². The van der Waals surface area contributed by atoms with Crippen molar-refractivity contribution in [1.82, 2.24) is 10.2 Å². The van der Waals surface area contributed by atoms with E-state index < -0.39 is 0 Å². The van der Waals surface area contributed by atoms with Crippen molar-refractivity contribution in [2.45, 2.75) is 25.9 Å². The molecule has 1 aromatic rings. The summed E-state index contributed by atoms with van der Waals surface area (Å²) in [5.41, 5.74) is 0.802. The van der Waals surface area contributed by atoms with Gasteiger partial charge in [0.25, 0.3) is 0 Å². The van der Waals surface area contributed by atoms with Crippen LogP contribution < -0.4 is 5.32 Å². The maximum absolute atomic E-state index is 13.5. The largest absolute Gasteiger partial charge is 0.313 e. The molecule has 0 radical (unpaired) electrons. The third-order valence-electron chi connectivity index (χ3n) is 3.03. The van der Waals surface area contributed by atoms with Gasteiger partial charge in [-0.2, -0.15) is 0 Å². The SMILES string of the molecule is CC1CN(Cc2ccccc2F)CCCN1. The Morgan fingerprint density at radius 1 is 1.44 bits per heavy atom. The van der Waals surface area contributed by atoms with Gasteiger partial charge in [-0.1, -0.05) is 18.2 Å². The lowest BCUT2D eigenvalue weighted by Crippen LogP contribution is -2.35. The van der Waals surface area contributed by atoms with Gasteiger partial charge in [-0.25, -0.2) is 4.39 Å². The average Bonchev–Trinajstić information content (AvgIpc) is 2.46. The zero-order valence-corrected chi connectivity index (χ0v) is 9.75. The molecule has 1 saturated heterocycles. The minimum Gasteiger partial charge on any atom is -0.313 e. The van der Waals surface area contributed by atoms with Crippen LogP contribution in [-0.2, 0) is 6.54 Å². The third-order valence-corrected chi connectivity index (χ3v) is 3.03. The highest BCUT2D eigenvalue weighted by Crippen LogP contribution is 2.11. The summed E-state index contributed by atoms with van der Waals surface area (Å²) in [6.07, 6.45) is 1.14. The van der Waals surface area contributed by atoms with Crippen LogP contribution in [0.3, 0.4) is 0 Å². The van der Waals surface area contributed by atoms with Crippen LogP contribution >= 0.6 is 0 Å². The number of hydrogen-bond donors (Lipinski definition) is 1. The Bertz CT molecular complexity index is 340. The molecule has 2 rings (SSSR count). The minimum atomic E-state index is -0.0904. The zero-order valence-electron chi connectivity index (χ0n) is 9.75. The third kappa shape index (κ3) is 3.03. The zero-order chi connectivity index (χ0) is 11.4. The summed E-state index contributed by atoms with van der Waals surface area (Å²) in [5, 5.41) is 3.44. The maximum atomic E-state index is 13.5. The van der Waals surface area contributed by atoms with Gasteiger partial charge in [0, 0.05) is 24.7 Å². The van der Waals surface area contributed by atoms with Crippen molar-refractivity contribution < 1.29 is 4.39 Å². The van der Waals surface area contributed by atoms with Crippen LogP contribution in [0, 0.1) is 5.82 Å². The van der Waals surface area contributed by atoms with Crippen molar-refractivity contribution in [3.8, 4) is 0 Å². The first kappa shape index (κ1) is 11.6. The van der Waals surface area contributed by atoms with E-state index in [1.54, 1.807) is 6.07 Å². The van der Waals surface area contributed by atoms with E-state index in [1.807, 2.05) is 12.1 Å². The fourth-order valence-electron chi connectivity index (χ4n) is 2.21. The van der Waals surface area contributed by atoms with E-state index in [0.717, 1.165) is 38.2 Å². The lowest BCUT2D eigenvalue weighted by molar-refractivity contribution is 0.261. The Balaban J connectivity index is 2.00. The van der Waals surface area contributed by atoms with Crippen LogP contribution in [0.25, 0.3) is 0 Å². The molecule has 1 unspecified atom stereocenters. The van der Waals surface area contributed by atoms with Crippen LogP contribution in [0.1, 0.15) is 18.9 Å². The molecular formula is C13H19FN2. The quantitative estimate of drug-likeness (QED) is 0.823. The van der Waals surface area contributed by atoms with Gasteiger partial charge in [0.15, 0.2) is 0 Å². The van der Waals surface area contributed by atoms with Gasteiger partial charge in [0.05, 0.1) is 0 Å². The molecule has 0 spiro atoms. The molecule has 1 N–H and O–H groups in total. The topological polar surface area (TPSA) is 15.3 Å². The molecule has 0 bridgehead atoms.